The van der Waals surface area contributed by atoms with Gasteiger partial charge in [-0.3, -0.25) is 9.78 Å². The molecule has 2 heterocycles. The molecular formula is C14H19N3O3. The maximum absolute atomic E-state index is 12.1. The van der Waals surface area contributed by atoms with Crippen molar-refractivity contribution in [1.82, 2.24) is 9.88 Å². The SMILES string of the molecule is Cc1ncccc1NC(=O)N1CCC(CC(=O)O)CC1. The van der Waals surface area contributed by atoms with Crippen LogP contribution in [0.4, 0.5) is 10.5 Å². The highest BCUT2D eigenvalue weighted by Gasteiger charge is 2.24. The van der Waals surface area contributed by atoms with Crippen molar-refractivity contribution in [1.29, 1.82) is 0 Å². The molecule has 0 bridgehead atoms. The van der Waals surface area contributed by atoms with E-state index in [9.17, 15) is 9.59 Å². The van der Waals surface area contributed by atoms with Crippen LogP contribution in [0.1, 0.15) is 25.0 Å². The third kappa shape index (κ3) is 3.69. The highest BCUT2D eigenvalue weighted by Crippen LogP contribution is 2.21. The molecule has 0 spiro atoms. The van der Waals surface area contributed by atoms with Crippen LogP contribution in [0.5, 0.6) is 0 Å². The molecule has 2 amide bonds. The molecule has 1 fully saturated rings. The largest absolute Gasteiger partial charge is 0.481 e. The number of carbonyl (C=O) groups excluding carboxylic acids is 1. The molecule has 0 atom stereocenters. The van der Waals surface area contributed by atoms with Crippen LogP contribution in [-0.2, 0) is 4.79 Å². The molecule has 6 heteroatoms. The number of carboxylic acids is 1. The quantitative estimate of drug-likeness (QED) is 0.886. The Kier molecular flexibility index (Phi) is 4.55. The van der Waals surface area contributed by atoms with E-state index < -0.39 is 5.97 Å². The molecular weight excluding hydrogens is 258 g/mol. The van der Waals surface area contributed by atoms with Gasteiger partial charge in [0.25, 0.3) is 0 Å². The molecule has 0 aliphatic carbocycles. The summed E-state index contributed by atoms with van der Waals surface area (Å²) in [7, 11) is 0. The van der Waals surface area contributed by atoms with Crippen LogP contribution in [0.25, 0.3) is 0 Å². The minimum atomic E-state index is -0.765. The normalized spacial score (nSPS) is 15.9. The Morgan fingerprint density at radius 3 is 2.75 bits per heavy atom. The summed E-state index contributed by atoms with van der Waals surface area (Å²) in [6.45, 7) is 3.04. The molecule has 1 saturated heterocycles. The molecule has 0 saturated carbocycles. The summed E-state index contributed by atoms with van der Waals surface area (Å²) in [6, 6.07) is 3.45. The van der Waals surface area contributed by atoms with Gasteiger partial charge in [0, 0.05) is 25.7 Å². The molecule has 0 radical (unpaired) electrons. The van der Waals surface area contributed by atoms with E-state index >= 15 is 0 Å². The molecule has 108 valence electrons. The van der Waals surface area contributed by atoms with Gasteiger partial charge in [0.1, 0.15) is 0 Å². The van der Waals surface area contributed by atoms with Crippen molar-refractivity contribution in [3.05, 3.63) is 24.0 Å². The van der Waals surface area contributed by atoms with E-state index in [4.69, 9.17) is 5.11 Å². The molecule has 2 N–H and O–H groups in total. The van der Waals surface area contributed by atoms with E-state index in [1.807, 2.05) is 13.0 Å². The van der Waals surface area contributed by atoms with E-state index in [-0.39, 0.29) is 18.4 Å². The van der Waals surface area contributed by atoms with E-state index in [1.54, 1.807) is 17.2 Å². The molecule has 1 aromatic heterocycles. The third-order valence-corrected chi connectivity index (χ3v) is 3.61. The number of likely N-dealkylation sites (tertiary alicyclic amines) is 1. The van der Waals surface area contributed by atoms with Gasteiger partial charge >= 0.3 is 12.0 Å². The van der Waals surface area contributed by atoms with E-state index in [0.717, 1.165) is 18.5 Å². The number of amides is 2. The number of aliphatic carboxylic acids is 1. The second-order valence-corrected chi connectivity index (χ2v) is 5.09. The lowest BCUT2D eigenvalue weighted by molar-refractivity contribution is -0.138. The molecule has 0 aromatic carbocycles. The predicted molar refractivity (Wildman–Crippen MR) is 74.5 cm³/mol. The van der Waals surface area contributed by atoms with Gasteiger partial charge in [-0.25, -0.2) is 4.79 Å². The fraction of sp³-hybridized carbons (Fsp3) is 0.500. The fourth-order valence-electron chi connectivity index (χ4n) is 2.40. The second kappa shape index (κ2) is 6.36. The van der Waals surface area contributed by atoms with Crippen LogP contribution in [0, 0.1) is 12.8 Å². The van der Waals surface area contributed by atoms with Crippen molar-refractivity contribution in [3.8, 4) is 0 Å². The average Bonchev–Trinajstić information content (AvgIpc) is 2.41. The lowest BCUT2D eigenvalue weighted by Crippen LogP contribution is -2.41. The van der Waals surface area contributed by atoms with Crippen molar-refractivity contribution >= 4 is 17.7 Å². The van der Waals surface area contributed by atoms with Gasteiger partial charge in [-0.15, -0.1) is 0 Å². The van der Waals surface area contributed by atoms with Crippen molar-refractivity contribution in [2.24, 2.45) is 5.92 Å². The maximum Gasteiger partial charge on any atom is 0.321 e. The van der Waals surface area contributed by atoms with Crippen molar-refractivity contribution < 1.29 is 14.7 Å². The van der Waals surface area contributed by atoms with Gasteiger partial charge in [-0.2, -0.15) is 0 Å². The third-order valence-electron chi connectivity index (χ3n) is 3.61. The van der Waals surface area contributed by atoms with Crippen LogP contribution in [0.3, 0.4) is 0 Å². The van der Waals surface area contributed by atoms with Crippen LogP contribution in [-0.4, -0.2) is 40.1 Å². The Morgan fingerprint density at radius 2 is 2.15 bits per heavy atom. The summed E-state index contributed by atoms with van der Waals surface area (Å²) >= 11 is 0. The van der Waals surface area contributed by atoms with E-state index in [2.05, 4.69) is 10.3 Å². The number of aromatic nitrogens is 1. The first-order valence-electron chi connectivity index (χ1n) is 6.75. The summed E-state index contributed by atoms with van der Waals surface area (Å²) in [4.78, 5) is 28.6. The maximum atomic E-state index is 12.1. The van der Waals surface area contributed by atoms with Crippen molar-refractivity contribution in [3.63, 3.8) is 0 Å². The molecule has 0 unspecified atom stereocenters. The molecule has 1 aromatic rings. The van der Waals surface area contributed by atoms with Gasteiger partial charge in [-0.05, 0) is 37.8 Å². The Balaban J connectivity index is 1.86. The summed E-state index contributed by atoms with van der Waals surface area (Å²) in [5, 5.41) is 11.6. The summed E-state index contributed by atoms with van der Waals surface area (Å²) in [5.41, 5.74) is 1.49. The first kappa shape index (κ1) is 14.3. The first-order valence-corrected chi connectivity index (χ1v) is 6.75. The van der Waals surface area contributed by atoms with Gasteiger partial charge < -0.3 is 15.3 Å². The molecule has 6 nitrogen and oxygen atoms in total. The number of carboxylic acid groups (broad SMARTS) is 1. The van der Waals surface area contributed by atoms with Gasteiger partial charge in [0.15, 0.2) is 0 Å². The Morgan fingerprint density at radius 1 is 1.45 bits per heavy atom. The number of pyridine rings is 1. The Labute approximate surface area is 117 Å². The van der Waals surface area contributed by atoms with Crippen LogP contribution < -0.4 is 5.32 Å². The summed E-state index contributed by atoms with van der Waals surface area (Å²) in [5.74, 6) is -0.587. The number of carbonyl (C=O) groups is 2. The van der Waals surface area contributed by atoms with Crippen LogP contribution in [0.15, 0.2) is 18.3 Å². The minimum Gasteiger partial charge on any atom is -0.481 e. The molecule has 2 rings (SSSR count). The predicted octanol–water partition coefficient (Wildman–Crippen LogP) is 2.11. The number of piperidine rings is 1. The zero-order valence-electron chi connectivity index (χ0n) is 11.5. The van der Waals surface area contributed by atoms with Crippen LogP contribution >= 0.6 is 0 Å². The Bertz CT molecular complexity index is 496. The highest BCUT2D eigenvalue weighted by atomic mass is 16.4. The van der Waals surface area contributed by atoms with Crippen molar-refractivity contribution in [2.75, 3.05) is 18.4 Å². The highest BCUT2D eigenvalue weighted by molar-refractivity contribution is 5.89. The number of nitrogens with one attached hydrogen (secondary N) is 1. The lowest BCUT2D eigenvalue weighted by atomic mass is 9.94. The van der Waals surface area contributed by atoms with Crippen molar-refractivity contribution in [2.45, 2.75) is 26.2 Å². The van der Waals surface area contributed by atoms with Gasteiger partial charge in [-0.1, -0.05) is 0 Å². The number of hydrogen-bond donors (Lipinski definition) is 2. The number of aryl methyl sites for hydroxylation is 1. The number of anilines is 1. The molecule has 1 aliphatic heterocycles. The van der Waals surface area contributed by atoms with Gasteiger partial charge in [0.05, 0.1) is 11.4 Å². The zero-order chi connectivity index (χ0) is 14.5. The summed E-state index contributed by atoms with van der Waals surface area (Å²) in [6.07, 6.45) is 3.36. The number of urea groups is 1. The van der Waals surface area contributed by atoms with Gasteiger partial charge in [0.2, 0.25) is 0 Å². The first-order chi connectivity index (χ1) is 9.56. The van der Waals surface area contributed by atoms with E-state index in [1.165, 1.54) is 0 Å². The average molecular weight is 277 g/mol. The number of hydrogen-bond acceptors (Lipinski definition) is 3. The number of rotatable bonds is 3. The Hall–Kier alpha value is -2.11. The van der Waals surface area contributed by atoms with E-state index in [0.29, 0.717) is 18.8 Å². The minimum absolute atomic E-state index is 0.144. The monoisotopic (exact) mass is 277 g/mol. The number of nitrogens with zero attached hydrogens (tertiary/aromatic N) is 2. The molecule has 20 heavy (non-hydrogen) atoms. The standard InChI is InChI=1S/C14H19N3O3/c1-10-12(3-2-6-15-10)16-14(20)17-7-4-11(5-8-17)9-13(18)19/h2-3,6,11H,4-5,7-9H2,1H3,(H,16,20)(H,18,19). The lowest BCUT2D eigenvalue weighted by Gasteiger charge is -2.31. The van der Waals surface area contributed by atoms with Crippen LogP contribution in [0.2, 0.25) is 0 Å². The zero-order valence-corrected chi connectivity index (χ0v) is 11.5. The summed E-state index contributed by atoms with van der Waals surface area (Å²) < 4.78 is 0. The topological polar surface area (TPSA) is 82.5 Å². The second-order valence-electron chi connectivity index (χ2n) is 5.09. The fourth-order valence-corrected chi connectivity index (χ4v) is 2.40. The smallest absolute Gasteiger partial charge is 0.321 e. The molecule has 1 aliphatic rings.